The van der Waals surface area contributed by atoms with Gasteiger partial charge in [0.1, 0.15) is 11.4 Å². The molecule has 0 aromatic carbocycles. The highest BCUT2D eigenvalue weighted by Crippen LogP contribution is 2.22. The number of carbonyl (C=O) groups excluding carboxylic acids is 1. The standard InChI is InChI=1S/C18H13N5O2/c1-25-13-4-7-20-15(9-13)17(24)14-11-22-23-16(5-8-21-18(14)23)12-3-2-6-19-10-12/h2-11H,1H3. The first kappa shape index (κ1) is 14.9. The molecule has 0 radical (unpaired) electrons. The van der Waals surface area contributed by atoms with Crippen molar-refractivity contribution in [3.8, 4) is 17.0 Å². The maximum Gasteiger partial charge on any atom is 0.216 e. The van der Waals surface area contributed by atoms with Crippen LogP contribution in [0.1, 0.15) is 16.1 Å². The Hall–Kier alpha value is -3.61. The van der Waals surface area contributed by atoms with Gasteiger partial charge in [-0.05, 0) is 24.3 Å². The van der Waals surface area contributed by atoms with Gasteiger partial charge < -0.3 is 4.74 Å². The third kappa shape index (κ3) is 2.61. The molecule has 0 N–H and O–H groups in total. The molecule has 25 heavy (non-hydrogen) atoms. The number of carbonyl (C=O) groups is 1. The molecule has 0 aliphatic heterocycles. The minimum atomic E-state index is -0.260. The average molecular weight is 331 g/mol. The Labute approximate surface area is 143 Å². The highest BCUT2D eigenvalue weighted by molar-refractivity contribution is 6.11. The number of aromatic nitrogens is 5. The number of fused-ring (bicyclic) bond motifs is 1. The first-order valence-corrected chi connectivity index (χ1v) is 7.56. The maximum atomic E-state index is 12.8. The predicted octanol–water partition coefficient (Wildman–Crippen LogP) is 2.43. The van der Waals surface area contributed by atoms with Crippen LogP contribution in [-0.2, 0) is 0 Å². The van der Waals surface area contributed by atoms with Crippen molar-refractivity contribution < 1.29 is 9.53 Å². The summed E-state index contributed by atoms with van der Waals surface area (Å²) in [7, 11) is 1.54. The molecule has 0 bridgehead atoms. The molecule has 0 atom stereocenters. The second-order valence-electron chi connectivity index (χ2n) is 5.28. The zero-order chi connectivity index (χ0) is 17.2. The number of nitrogens with zero attached hydrogens (tertiary/aromatic N) is 5. The Bertz CT molecular complexity index is 1060. The lowest BCUT2D eigenvalue weighted by Gasteiger charge is -2.05. The van der Waals surface area contributed by atoms with Crippen LogP contribution in [0.15, 0.2) is 61.3 Å². The summed E-state index contributed by atoms with van der Waals surface area (Å²) in [5, 5.41) is 4.33. The first-order chi connectivity index (χ1) is 12.3. The lowest BCUT2D eigenvalue weighted by atomic mass is 10.1. The molecule has 0 amide bonds. The fraction of sp³-hybridized carbons (Fsp3) is 0.0556. The van der Waals surface area contributed by atoms with Crippen molar-refractivity contribution in [2.45, 2.75) is 0 Å². The van der Waals surface area contributed by atoms with Crippen LogP contribution < -0.4 is 4.74 Å². The summed E-state index contributed by atoms with van der Waals surface area (Å²) in [5.74, 6) is 0.309. The van der Waals surface area contributed by atoms with Crippen LogP contribution >= 0.6 is 0 Å². The molecule has 0 saturated carbocycles. The molecule has 4 aromatic heterocycles. The van der Waals surface area contributed by atoms with Crippen molar-refractivity contribution in [1.29, 1.82) is 0 Å². The van der Waals surface area contributed by atoms with Crippen molar-refractivity contribution in [2.75, 3.05) is 7.11 Å². The van der Waals surface area contributed by atoms with E-state index in [9.17, 15) is 4.79 Å². The number of rotatable bonds is 4. The zero-order valence-electron chi connectivity index (χ0n) is 13.3. The fourth-order valence-electron chi connectivity index (χ4n) is 2.58. The number of hydrogen-bond acceptors (Lipinski definition) is 6. The van der Waals surface area contributed by atoms with Gasteiger partial charge in [-0.3, -0.25) is 14.8 Å². The van der Waals surface area contributed by atoms with Gasteiger partial charge in [-0.1, -0.05) is 0 Å². The summed E-state index contributed by atoms with van der Waals surface area (Å²) >= 11 is 0. The summed E-state index contributed by atoms with van der Waals surface area (Å²) in [6, 6.07) is 8.88. The molecule has 7 nitrogen and oxygen atoms in total. The zero-order valence-corrected chi connectivity index (χ0v) is 13.3. The van der Waals surface area contributed by atoms with Gasteiger partial charge in [0.2, 0.25) is 5.78 Å². The topological polar surface area (TPSA) is 82.3 Å². The Morgan fingerprint density at radius 1 is 1.08 bits per heavy atom. The van der Waals surface area contributed by atoms with E-state index in [4.69, 9.17) is 4.74 Å². The minimum Gasteiger partial charge on any atom is -0.497 e. The van der Waals surface area contributed by atoms with E-state index in [1.54, 1.807) is 42.3 Å². The van der Waals surface area contributed by atoms with E-state index in [0.29, 0.717) is 17.0 Å². The van der Waals surface area contributed by atoms with Crippen molar-refractivity contribution in [2.24, 2.45) is 0 Å². The van der Waals surface area contributed by atoms with Crippen molar-refractivity contribution >= 4 is 11.4 Å². The van der Waals surface area contributed by atoms with E-state index in [2.05, 4.69) is 20.1 Å². The lowest BCUT2D eigenvalue weighted by molar-refractivity contribution is 0.103. The van der Waals surface area contributed by atoms with E-state index in [1.807, 2.05) is 18.2 Å². The quantitative estimate of drug-likeness (QED) is 0.534. The smallest absolute Gasteiger partial charge is 0.216 e. The highest BCUT2D eigenvalue weighted by atomic mass is 16.5. The molecule has 4 aromatic rings. The second-order valence-corrected chi connectivity index (χ2v) is 5.28. The van der Waals surface area contributed by atoms with Crippen molar-refractivity contribution in [1.82, 2.24) is 24.6 Å². The molecule has 0 saturated heterocycles. The van der Waals surface area contributed by atoms with E-state index in [-0.39, 0.29) is 11.5 Å². The molecule has 0 aliphatic carbocycles. The Morgan fingerprint density at radius 2 is 1.96 bits per heavy atom. The van der Waals surface area contributed by atoms with Gasteiger partial charge >= 0.3 is 0 Å². The van der Waals surface area contributed by atoms with Crippen molar-refractivity contribution in [3.63, 3.8) is 0 Å². The van der Waals surface area contributed by atoms with E-state index in [0.717, 1.165) is 11.3 Å². The van der Waals surface area contributed by atoms with Crippen LogP contribution in [0.2, 0.25) is 0 Å². The van der Waals surface area contributed by atoms with Crippen LogP contribution in [0.3, 0.4) is 0 Å². The molecular formula is C18H13N5O2. The van der Waals surface area contributed by atoms with Crippen LogP contribution in [-0.4, -0.2) is 37.5 Å². The Morgan fingerprint density at radius 3 is 2.76 bits per heavy atom. The van der Waals surface area contributed by atoms with Crippen LogP contribution in [0, 0.1) is 0 Å². The largest absolute Gasteiger partial charge is 0.497 e. The number of ether oxygens (including phenoxy) is 1. The van der Waals surface area contributed by atoms with Gasteiger partial charge in [-0.2, -0.15) is 5.10 Å². The van der Waals surface area contributed by atoms with E-state index >= 15 is 0 Å². The Balaban J connectivity index is 1.83. The molecule has 4 rings (SSSR count). The Kier molecular flexibility index (Phi) is 3.66. The van der Waals surface area contributed by atoms with Crippen molar-refractivity contribution in [3.05, 3.63) is 72.6 Å². The van der Waals surface area contributed by atoms with Gasteiger partial charge in [-0.25, -0.2) is 9.50 Å². The van der Waals surface area contributed by atoms with Gasteiger partial charge in [0.25, 0.3) is 0 Å². The van der Waals surface area contributed by atoms with E-state index < -0.39 is 0 Å². The molecule has 122 valence electrons. The lowest BCUT2D eigenvalue weighted by Crippen LogP contribution is -2.05. The average Bonchev–Trinajstić information content (AvgIpc) is 3.12. The number of pyridine rings is 2. The molecule has 4 heterocycles. The van der Waals surface area contributed by atoms with Crippen LogP contribution in [0.4, 0.5) is 0 Å². The first-order valence-electron chi connectivity index (χ1n) is 7.56. The molecule has 0 unspecified atom stereocenters. The van der Waals surface area contributed by atoms with Crippen LogP contribution in [0.5, 0.6) is 5.75 Å². The number of methoxy groups -OCH3 is 1. The third-order valence-corrected chi connectivity index (χ3v) is 3.80. The monoisotopic (exact) mass is 331 g/mol. The molecular weight excluding hydrogens is 318 g/mol. The third-order valence-electron chi connectivity index (χ3n) is 3.80. The highest BCUT2D eigenvalue weighted by Gasteiger charge is 2.19. The SMILES string of the molecule is COc1ccnc(C(=O)c2cnn3c(-c4cccnc4)ccnc23)c1. The summed E-state index contributed by atoms with van der Waals surface area (Å²) in [6.07, 6.45) is 8.13. The fourth-order valence-corrected chi connectivity index (χ4v) is 2.58. The van der Waals surface area contributed by atoms with Gasteiger partial charge in [0, 0.05) is 36.4 Å². The number of ketones is 1. The van der Waals surface area contributed by atoms with E-state index in [1.165, 1.54) is 12.4 Å². The summed E-state index contributed by atoms with van der Waals surface area (Å²) in [4.78, 5) is 25.4. The maximum absolute atomic E-state index is 12.8. The molecule has 0 spiro atoms. The minimum absolute atomic E-state index is 0.260. The van der Waals surface area contributed by atoms with Gasteiger partial charge in [0.15, 0.2) is 5.65 Å². The van der Waals surface area contributed by atoms with Gasteiger partial charge in [0.05, 0.1) is 24.6 Å². The second kappa shape index (κ2) is 6.12. The van der Waals surface area contributed by atoms with Gasteiger partial charge in [-0.15, -0.1) is 0 Å². The van der Waals surface area contributed by atoms with Crippen LogP contribution in [0.25, 0.3) is 16.9 Å². The predicted molar refractivity (Wildman–Crippen MR) is 90.4 cm³/mol. The molecule has 0 aliphatic rings. The molecule has 7 heteroatoms. The normalized spacial score (nSPS) is 10.8. The summed E-state index contributed by atoms with van der Waals surface area (Å²) in [5.41, 5.74) is 2.82. The summed E-state index contributed by atoms with van der Waals surface area (Å²) < 4.78 is 6.78. The number of hydrogen-bond donors (Lipinski definition) is 0. The summed E-state index contributed by atoms with van der Waals surface area (Å²) in [6.45, 7) is 0. The molecule has 0 fully saturated rings.